The largest absolute Gasteiger partial charge is 0.488 e. The van der Waals surface area contributed by atoms with Gasteiger partial charge in [-0.1, -0.05) is 24.3 Å². The molecule has 12 heteroatoms. The SMILES string of the molecule is CCOc1nc2ccccc2n1-c1cccc2c1OC[C@@H]2N(C(=O)C(F)(F)F)c1ccc2c(c1)OC(C)[C@H]2OC(C)=O. The molecule has 218 valence electrons. The van der Waals surface area contributed by atoms with Crippen LogP contribution in [0.5, 0.6) is 17.5 Å². The van der Waals surface area contributed by atoms with Gasteiger partial charge in [0, 0.05) is 29.8 Å². The number of esters is 1. The van der Waals surface area contributed by atoms with E-state index in [1.54, 1.807) is 29.7 Å². The van der Waals surface area contributed by atoms with Crippen molar-refractivity contribution in [2.24, 2.45) is 0 Å². The maximum atomic E-state index is 14.0. The Hall–Kier alpha value is -4.74. The van der Waals surface area contributed by atoms with E-state index in [0.717, 1.165) is 5.52 Å². The Labute approximate surface area is 238 Å². The predicted molar refractivity (Wildman–Crippen MR) is 145 cm³/mol. The number of amides is 1. The fraction of sp³-hybridized carbons (Fsp3) is 0.300. The Morgan fingerprint density at radius 3 is 2.62 bits per heavy atom. The molecule has 0 N–H and O–H groups in total. The van der Waals surface area contributed by atoms with E-state index < -0.39 is 36.3 Å². The minimum Gasteiger partial charge on any atom is -0.488 e. The molecule has 2 aliphatic rings. The molecule has 3 atom stereocenters. The summed E-state index contributed by atoms with van der Waals surface area (Å²) in [6.07, 6.45) is -6.45. The molecule has 0 saturated carbocycles. The maximum Gasteiger partial charge on any atom is 0.471 e. The molecule has 9 nitrogen and oxygen atoms in total. The van der Waals surface area contributed by atoms with Gasteiger partial charge in [0.25, 0.3) is 0 Å². The Kier molecular flexibility index (Phi) is 6.71. The number of carbonyl (C=O) groups excluding carboxylic acids is 2. The number of alkyl halides is 3. The number of hydrogen-bond donors (Lipinski definition) is 0. The zero-order chi connectivity index (χ0) is 29.8. The van der Waals surface area contributed by atoms with Crippen LogP contribution in [0.1, 0.15) is 44.0 Å². The fourth-order valence-electron chi connectivity index (χ4n) is 5.50. The number of para-hydroxylation sites is 3. The third kappa shape index (κ3) is 4.56. The Bertz CT molecular complexity index is 1700. The molecule has 2 aliphatic heterocycles. The molecule has 1 aromatic heterocycles. The Morgan fingerprint density at radius 1 is 1.10 bits per heavy atom. The lowest BCUT2D eigenvalue weighted by Gasteiger charge is -2.29. The molecule has 0 aliphatic carbocycles. The number of ether oxygens (including phenoxy) is 4. The molecule has 3 aromatic carbocycles. The van der Waals surface area contributed by atoms with Crippen molar-refractivity contribution in [1.82, 2.24) is 9.55 Å². The van der Waals surface area contributed by atoms with Crippen molar-refractivity contribution in [2.45, 2.75) is 45.2 Å². The quantitative estimate of drug-likeness (QED) is 0.264. The van der Waals surface area contributed by atoms with Gasteiger partial charge in [0.15, 0.2) is 6.10 Å². The summed E-state index contributed by atoms with van der Waals surface area (Å²) in [4.78, 5) is 29.8. The molecule has 6 rings (SSSR count). The highest BCUT2D eigenvalue weighted by Crippen LogP contribution is 2.47. The predicted octanol–water partition coefficient (Wildman–Crippen LogP) is 5.84. The first kappa shape index (κ1) is 27.4. The number of aromatic nitrogens is 2. The lowest BCUT2D eigenvalue weighted by atomic mass is 10.0. The summed E-state index contributed by atoms with van der Waals surface area (Å²) in [5.41, 5.74) is 2.75. The summed E-state index contributed by atoms with van der Waals surface area (Å²) >= 11 is 0. The van der Waals surface area contributed by atoms with Gasteiger partial charge in [-0.15, -0.1) is 0 Å². The van der Waals surface area contributed by atoms with E-state index in [-0.39, 0.29) is 18.0 Å². The minimum atomic E-state index is -5.17. The van der Waals surface area contributed by atoms with Crippen molar-refractivity contribution in [1.29, 1.82) is 0 Å². The average molecular weight is 582 g/mol. The van der Waals surface area contributed by atoms with E-state index >= 15 is 0 Å². The van der Waals surface area contributed by atoms with Crippen LogP contribution in [0.3, 0.4) is 0 Å². The van der Waals surface area contributed by atoms with Crippen molar-refractivity contribution in [3.8, 4) is 23.2 Å². The summed E-state index contributed by atoms with van der Waals surface area (Å²) in [5, 5.41) is 0. The Morgan fingerprint density at radius 2 is 1.88 bits per heavy atom. The van der Waals surface area contributed by atoms with Crippen molar-refractivity contribution >= 4 is 28.6 Å². The molecule has 0 spiro atoms. The highest BCUT2D eigenvalue weighted by Gasteiger charge is 2.48. The monoisotopic (exact) mass is 581 g/mol. The number of benzene rings is 3. The molecular weight excluding hydrogens is 555 g/mol. The van der Waals surface area contributed by atoms with Crippen LogP contribution in [0.15, 0.2) is 60.7 Å². The first-order valence-electron chi connectivity index (χ1n) is 13.3. The van der Waals surface area contributed by atoms with E-state index in [4.69, 9.17) is 18.9 Å². The van der Waals surface area contributed by atoms with Crippen LogP contribution in [0.4, 0.5) is 18.9 Å². The van der Waals surface area contributed by atoms with Gasteiger partial charge in [0.2, 0.25) is 0 Å². The third-order valence-electron chi connectivity index (χ3n) is 7.20. The second kappa shape index (κ2) is 10.3. The van der Waals surface area contributed by atoms with Gasteiger partial charge in [-0.2, -0.15) is 18.2 Å². The highest BCUT2D eigenvalue weighted by atomic mass is 19.4. The first-order chi connectivity index (χ1) is 20.1. The number of imidazole rings is 1. The van der Waals surface area contributed by atoms with Gasteiger partial charge < -0.3 is 18.9 Å². The second-order valence-corrected chi connectivity index (χ2v) is 9.92. The van der Waals surface area contributed by atoms with Crippen LogP contribution < -0.4 is 19.1 Å². The summed E-state index contributed by atoms with van der Waals surface area (Å²) in [6.45, 7) is 4.88. The number of halogens is 3. The number of carbonyl (C=O) groups is 2. The lowest BCUT2D eigenvalue weighted by Crippen LogP contribution is -2.44. The molecule has 3 heterocycles. The number of rotatable bonds is 6. The maximum absolute atomic E-state index is 14.0. The van der Waals surface area contributed by atoms with Crippen LogP contribution in [-0.4, -0.2) is 46.9 Å². The van der Waals surface area contributed by atoms with Crippen molar-refractivity contribution in [3.63, 3.8) is 0 Å². The van der Waals surface area contributed by atoms with E-state index in [1.165, 1.54) is 25.1 Å². The van der Waals surface area contributed by atoms with Crippen LogP contribution in [0, 0.1) is 0 Å². The number of fused-ring (bicyclic) bond motifs is 3. The standard InChI is InChI=1S/C30H26F3N3O6/c1-4-39-29-34-21-9-5-6-10-22(21)36(29)23-11-7-8-19-24(15-40-27(19)23)35(28(38)30(31,32)33)18-12-13-20-25(14-18)41-16(2)26(20)42-17(3)37/h5-14,16,24,26H,4,15H2,1-3H3/t16?,24-,26+/m0/s1. The minimum absolute atomic E-state index is 0.0401. The molecule has 1 amide bonds. The topological polar surface area (TPSA) is 92.1 Å². The molecule has 0 fully saturated rings. The molecule has 1 unspecified atom stereocenters. The van der Waals surface area contributed by atoms with Crippen LogP contribution in [0.2, 0.25) is 0 Å². The average Bonchev–Trinajstić information content (AvgIpc) is 3.62. The zero-order valence-electron chi connectivity index (χ0n) is 22.8. The van der Waals surface area contributed by atoms with Crippen LogP contribution in [0.25, 0.3) is 16.7 Å². The molecule has 42 heavy (non-hydrogen) atoms. The molecule has 4 aromatic rings. The summed E-state index contributed by atoms with van der Waals surface area (Å²) < 4.78 is 66.8. The number of nitrogens with zero attached hydrogens (tertiary/aromatic N) is 3. The normalized spacial score (nSPS) is 19.0. The first-order valence-corrected chi connectivity index (χ1v) is 13.3. The van der Waals surface area contributed by atoms with Crippen molar-refractivity contribution in [3.05, 3.63) is 71.8 Å². The van der Waals surface area contributed by atoms with Crippen molar-refractivity contribution in [2.75, 3.05) is 18.1 Å². The van der Waals surface area contributed by atoms with Gasteiger partial charge in [-0.25, -0.2) is 0 Å². The smallest absolute Gasteiger partial charge is 0.471 e. The van der Waals surface area contributed by atoms with Crippen molar-refractivity contribution < 1.29 is 41.7 Å². The van der Waals surface area contributed by atoms with E-state index in [2.05, 4.69) is 4.98 Å². The number of hydrogen-bond acceptors (Lipinski definition) is 7. The van der Waals surface area contributed by atoms with E-state index in [1.807, 2.05) is 31.2 Å². The second-order valence-electron chi connectivity index (χ2n) is 9.92. The van der Waals surface area contributed by atoms with E-state index in [9.17, 15) is 22.8 Å². The summed E-state index contributed by atoms with van der Waals surface area (Å²) in [6, 6.07) is 15.9. The third-order valence-corrected chi connectivity index (χ3v) is 7.20. The zero-order valence-corrected chi connectivity index (χ0v) is 22.8. The van der Waals surface area contributed by atoms with Gasteiger partial charge in [-0.3, -0.25) is 19.1 Å². The molecule has 0 radical (unpaired) electrons. The number of anilines is 1. The van der Waals surface area contributed by atoms with Gasteiger partial charge in [0.05, 0.1) is 29.4 Å². The van der Waals surface area contributed by atoms with Crippen LogP contribution >= 0.6 is 0 Å². The van der Waals surface area contributed by atoms with E-state index in [0.29, 0.717) is 45.6 Å². The van der Waals surface area contributed by atoms with Gasteiger partial charge in [-0.05, 0) is 44.2 Å². The van der Waals surface area contributed by atoms with Gasteiger partial charge in [0.1, 0.15) is 24.2 Å². The van der Waals surface area contributed by atoms with Crippen LogP contribution in [-0.2, 0) is 14.3 Å². The van der Waals surface area contributed by atoms with Gasteiger partial charge >= 0.3 is 24.1 Å². The Balaban J connectivity index is 1.45. The lowest BCUT2D eigenvalue weighted by molar-refractivity contribution is -0.171. The summed E-state index contributed by atoms with van der Waals surface area (Å²) in [5.74, 6) is -2.03. The molecule has 0 saturated heterocycles. The highest BCUT2D eigenvalue weighted by molar-refractivity contribution is 5.98. The summed E-state index contributed by atoms with van der Waals surface area (Å²) in [7, 11) is 0. The molecule has 0 bridgehead atoms. The fourth-order valence-corrected chi connectivity index (χ4v) is 5.50. The molecular formula is C30H26F3N3O6.